The summed E-state index contributed by atoms with van der Waals surface area (Å²) in [6, 6.07) is 0. The van der Waals surface area contributed by atoms with Crippen molar-refractivity contribution in [1.82, 2.24) is 15.3 Å². The summed E-state index contributed by atoms with van der Waals surface area (Å²) in [5.74, 6) is 1.44. The fourth-order valence-corrected chi connectivity index (χ4v) is 1.82. The van der Waals surface area contributed by atoms with Crippen molar-refractivity contribution in [3.63, 3.8) is 0 Å². The van der Waals surface area contributed by atoms with Crippen molar-refractivity contribution >= 4 is 0 Å². The Morgan fingerprint density at radius 3 is 3.07 bits per heavy atom. The number of aryl methyl sites for hydroxylation is 1. The number of nitrogens with zero attached hydrogens (tertiary/aromatic N) is 2. The summed E-state index contributed by atoms with van der Waals surface area (Å²) < 4.78 is 5.60. The van der Waals surface area contributed by atoms with Gasteiger partial charge in [-0.2, -0.15) is 0 Å². The van der Waals surface area contributed by atoms with Gasteiger partial charge >= 0.3 is 0 Å². The summed E-state index contributed by atoms with van der Waals surface area (Å²) in [5.41, 5.74) is 0.863. The SMILES string of the molecule is Cc1nccnc1OCCC1CCNC1. The molecule has 1 aliphatic heterocycles. The molecule has 1 saturated heterocycles. The van der Waals surface area contributed by atoms with Crippen LogP contribution in [0.15, 0.2) is 12.4 Å². The van der Waals surface area contributed by atoms with Crippen LogP contribution in [0.5, 0.6) is 5.88 Å². The first kappa shape index (κ1) is 10.4. The third kappa shape index (κ3) is 2.89. The molecule has 82 valence electrons. The molecule has 0 spiro atoms. The molecule has 0 amide bonds. The van der Waals surface area contributed by atoms with Crippen LogP contribution in [0.2, 0.25) is 0 Å². The topological polar surface area (TPSA) is 47.0 Å². The average Bonchev–Trinajstić information content (AvgIpc) is 2.74. The number of aromatic nitrogens is 2. The van der Waals surface area contributed by atoms with Crippen LogP contribution in [0.4, 0.5) is 0 Å². The second kappa shape index (κ2) is 5.07. The monoisotopic (exact) mass is 207 g/mol. The number of ether oxygens (including phenoxy) is 1. The largest absolute Gasteiger partial charge is 0.476 e. The third-order valence-electron chi connectivity index (χ3n) is 2.76. The highest BCUT2D eigenvalue weighted by Crippen LogP contribution is 2.14. The van der Waals surface area contributed by atoms with Gasteiger partial charge in [-0.3, -0.25) is 4.98 Å². The predicted molar refractivity (Wildman–Crippen MR) is 57.9 cm³/mol. The molecule has 0 aliphatic carbocycles. The van der Waals surface area contributed by atoms with Crippen molar-refractivity contribution in [3.05, 3.63) is 18.1 Å². The molecule has 2 rings (SSSR count). The minimum absolute atomic E-state index is 0.670. The first-order valence-electron chi connectivity index (χ1n) is 5.47. The molecule has 1 atom stereocenters. The Morgan fingerprint density at radius 2 is 2.33 bits per heavy atom. The highest BCUT2D eigenvalue weighted by atomic mass is 16.5. The summed E-state index contributed by atoms with van der Waals surface area (Å²) in [6.07, 6.45) is 5.72. The Balaban J connectivity index is 1.75. The van der Waals surface area contributed by atoms with E-state index >= 15 is 0 Å². The highest BCUT2D eigenvalue weighted by Gasteiger charge is 2.14. The summed E-state index contributed by atoms with van der Waals surface area (Å²) in [6.45, 7) is 4.93. The van der Waals surface area contributed by atoms with Crippen LogP contribution in [0.1, 0.15) is 18.5 Å². The van der Waals surface area contributed by atoms with E-state index in [1.165, 1.54) is 6.42 Å². The molecule has 4 nitrogen and oxygen atoms in total. The van der Waals surface area contributed by atoms with Crippen LogP contribution in [0.25, 0.3) is 0 Å². The van der Waals surface area contributed by atoms with E-state index in [4.69, 9.17) is 4.74 Å². The smallest absolute Gasteiger partial charge is 0.235 e. The fraction of sp³-hybridized carbons (Fsp3) is 0.636. The van der Waals surface area contributed by atoms with E-state index in [0.717, 1.165) is 37.7 Å². The van der Waals surface area contributed by atoms with Crippen molar-refractivity contribution < 1.29 is 4.74 Å². The Bertz CT molecular complexity index is 310. The highest BCUT2D eigenvalue weighted by molar-refractivity contribution is 5.14. The van der Waals surface area contributed by atoms with Crippen LogP contribution in [-0.2, 0) is 0 Å². The number of hydrogen-bond acceptors (Lipinski definition) is 4. The van der Waals surface area contributed by atoms with Gasteiger partial charge in [-0.05, 0) is 38.8 Å². The lowest BCUT2D eigenvalue weighted by atomic mass is 10.1. The van der Waals surface area contributed by atoms with E-state index in [-0.39, 0.29) is 0 Å². The Kier molecular flexibility index (Phi) is 3.50. The van der Waals surface area contributed by atoms with Crippen LogP contribution in [0, 0.1) is 12.8 Å². The molecule has 1 aliphatic rings. The van der Waals surface area contributed by atoms with E-state index in [0.29, 0.717) is 5.88 Å². The van der Waals surface area contributed by atoms with Crippen LogP contribution < -0.4 is 10.1 Å². The van der Waals surface area contributed by atoms with Crippen molar-refractivity contribution in [3.8, 4) is 5.88 Å². The number of nitrogens with one attached hydrogen (secondary N) is 1. The lowest BCUT2D eigenvalue weighted by molar-refractivity contribution is 0.271. The van der Waals surface area contributed by atoms with Gasteiger partial charge in [-0.15, -0.1) is 0 Å². The van der Waals surface area contributed by atoms with Gasteiger partial charge in [-0.1, -0.05) is 0 Å². The molecule has 4 heteroatoms. The first-order chi connectivity index (χ1) is 7.36. The zero-order valence-electron chi connectivity index (χ0n) is 9.07. The molecule has 0 aromatic carbocycles. The maximum absolute atomic E-state index is 5.60. The normalized spacial score (nSPS) is 20.5. The average molecular weight is 207 g/mol. The van der Waals surface area contributed by atoms with Gasteiger partial charge in [0.1, 0.15) is 0 Å². The zero-order valence-corrected chi connectivity index (χ0v) is 9.07. The second-order valence-corrected chi connectivity index (χ2v) is 3.94. The minimum atomic E-state index is 0.670. The van der Waals surface area contributed by atoms with Gasteiger partial charge < -0.3 is 10.1 Å². The standard InChI is InChI=1S/C11H17N3O/c1-9-11(14-6-5-13-9)15-7-3-10-2-4-12-8-10/h5-6,10,12H,2-4,7-8H2,1H3. The molecule has 2 heterocycles. The van der Waals surface area contributed by atoms with Gasteiger partial charge in [0.15, 0.2) is 0 Å². The maximum atomic E-state index is 5.60. The Morgan fingerprint density at radius 1 is 1.47 bits per heavy atom. The van der Waals surface area contributed by atoms with Crippen molar-refractivity contribution in [1.29, 1.82) is 0 Å². The molecule has 1 aromatic rings. The quantitative estimate of drug-likeness (QED) is 0.805. The number of hydrogen-bond donors (Lipinski definition) is 1. The van der Waals surface area contributed by atoms with E-state index in [9.17, 15) is 0 Å². The summed E-state index contributed by atoms with van der Waals surface area (Å²) in [5, 5.41) is 3.35. The fourth-order valence-electron chi connectivity index (χ4n) is 1.82. The van der Waals surface area contributed by atoms with Gasteiger partial charge in [0.2, 0.25) is 5.88 Å². The van der Waals surface area contributed by atoms with Gasteiger partial charge in [0.25, 0.3) is 0 Å². The zero-order chi connectivity index (χ0) is 10.5. The van der Waals surface area contributed by atoms with Crippen molar-refractivity contribution in [2.45, 2.75) is 19.8 Å². The van der Waals surface area contributed by atoms with E-state index in [2.05, 4.69) is 15.3 Å². The lowest BCUT2D eigenvalue weighted by Crippen LogP contribution is -2.12. The van der Waals surface area contributed by atoms with Crippen LogP contribution >= 0.6 is 0 Å². The van der Waals surface area contributed by atoms with Crippen LogP contribution in [0.3, 0.4) is 0 Å². The van der Waals surface area contributed by atoms with Gasteiger partial charge in [0.05, 0.1) is 12.3 Å². The molecular weight excluding hydrogens is 190 g/mol. The Labute approximate surface area is 90.1 Å². The summed E-state index contributed by atoms with van der Waals surface area (Å²) >= 11 is 0. The molecule has 0 radical (unpaired) electrons. The third-order valence-corrected chi connectivity index (χ3v) is 2.76. The molecule has 1 aromatic heterocycles. The summed E-state index contributed by atoms with van der Waals surface area (Å²) in [4.78, 5) is 8.27. The lowest BCUT2D eigenvalue weighted by Gasteiger charge is -2.09. The molecule has 15 heavy (non-hydrogen) atoms. The van der Waals surface area contributed by atoms with E-state index in [1.807, 2.05) is 6.92 Å². The minimum Gasteiger partial charge on any atom is -0.476 e. The Hall–Kier alpha value is -1.16. The van der Waals surface area contributed by atoms with E-state index in [1.54, 1.807) is 12.4 Å². The number of rotatable bonds is 4. The maximum Gasteiger partial charge on any atom is 0.235 e. The molecule has 1 N–H and O–H groups in total. The summed E-state index contributed by atoms with van der Waals surface area (Å²) in [7, 11) is 0. The predicted octanol–water partition coefficient (Wildman–Crippen LogP) is 1.16. The molecule has 0 bridgehead atoms. The van der Waals surface area contributed by atoms with E-state index < -0.39 is 0 Å². The molecular formula is C11H17N3O. The molecule has 0 saturated carbocycles. The molecule has 1 fully saturated rings. The molecule has 1 unspecified atom stereocenters. The first-order valence-corrected chi connectivity index (χ1v) is 5.47. The van der Waals surface area contributed by atoms with Gasteiger partial charge in [0, 0.05) is 12.4 Å². The van der Waals surface area contributed by atoms with Gasteiger partial charge in [-0.25, -0.2) is 4.98 Å². The second-order valence-electron chi connectivity index (χ2n) is 3.94. The van der Waals surface area contributed by atoms with Crippen LogP contribution in [-0.4, -0.2) is 29.7 Å². The van der Waals surface area contributed by atoms with Crippen molar-refractivity contribution in [2.24, 2.45) is 5.92 Å². The van der Waals surface area contributed by atoms with Crippen molar-refractivity contribution in [2.75, 3.05) is 19.7 Å².